The van der Waals surface area contributed by atoms with Crippen LogP contribution in [0.25, 0.3) is 0 Å². The molecule has 3 N–H and O–H groups in total. The predicted octanol–water partition coefficient (Wildman–Crippen LogP) is 1.41. The van der Waals surface area contributed by atoms with Gasteiger partial charge >= 0.3 is 5.97 Å². The van der Waals surface area contributed by atoms with Gasteiger partial charge in [-0.3, -0.25) is 14.6 Å². The Kier molecular flexibility index (Phi) is 8.18. The number of nitrogens with zero attached hydrogens (tertiary/aromatic N) is 1. The smallest absolute Gasteiger partial charge is 0.320 e. The molecule has 0 spiro atoms. The van der Waals surface area contributed by atoms with Gasteiger partial charge < -0.3 is 15.6 Å². The van der Waals surface area contributed by atoms with Gasteiger partial charge in [-0.15, -0.1) is 20.7 Å². The molecule has 1 heterocycles. The highest BCUT2D eigenvalue weighted by Gasteiger charge is 2.22. The standard InChI is InChI=1S/C15H21IN2O4/c1-10(19)11(8-14(17)15(20)21)7-12-3-4-13(9-18-12)22-6-5-16-2/h3-4,9,11,14H,2,5-8,17H2,1H3,(H,20,21)/t11-,14-/m0/s1. The number of carbonyl (C=O) groups excluding carboxylic acids is 1. The summed E-state index contributed by atoms with van der Waals surface area (Å²) >= 11 is -0.0241. The molecule has 0 radical (unpaired) electrons. The molecule has 0 aliphatic heterocycles. The number of carboxylic acids is 1. The molecule has 0 amide bonds. The lowest BCUT2D eigenvalue weighted by Crippen LogP contribution is -2.34. The van der Waals surface area contributed by atoms with Crippen LogP contribution in [0.15, 0.2) is 18.3 Å². The Morgan fingerprint density at radius 3 is 2.73 bits per heavy atom. The van der Waals surface area contributed by atoms with Crippen molar-refractivity contribution in [2.75, 3.05) is 11.0 Å². The number of nitrogens with two attached hydrogens (primary N) is 1. The van der Waals surface area contributed by atoms with Crippen LogP contribution in [0, 0.1) is 5.92 Å². The first-order valence-corrected chi connectivity index (χ1v) is 9.88. The van der Waals surface area contributed by atoms with Crippen LogP contribution < -0.4 is 10.5 Å². The maximum absolute atomic E-state index is 11.6. The Hall–Kier alpha value is -1.35. The van der Waals surface area contributed by atoms with Crippen molar-refractivity contribution in [2.45, 2.75) is 25.8 Å². The van der Waals surface area contributed by atoms with Crippen LogP contribution in [0.1, 0.15) is 19.0 Å². The van der Waals surface area contributed by atoms with Crippen LogP contribution >= 0.6 is 20.7 Å². The topological polar surface area (TPSA) is 103 Å². The molecule has 0 saturated carbocycles. The third-order valence-corrected chi connectivity index (χ3v) is 4.37. The van der Waals surface area contributed by atoms with Gasteiger partial charge in [-0.1, -0.05) is 4.51 Å². The number of pyridine rings is 1. The van der Waals surface area contributed by atoms with Crippen LogP contribution in [-0.2, 0) is 16.0 Å². The average molecular weight is 420 g/mol. The molecule has 0 fully saturated rings. The van der Waals surface area contributed by atoms with Gasteiger partial charge in [0.2, 0.25) is 0 Å². The molecule has 0 aliphatic carbocycles. The van der Waals surface area contributed by atoms with Crippen LogP contribution in [0.5, 0.6) is 5.75 Å². The van der Waals surface area contributed by atoms with Crippen molar-refractivity contribution in [3.63, 3.8) is 0 Å². The molecule has 1 aromatic heterocycles. The van der Waals surface area contributed by atoms with E-state index in [9.17, 15) is 9.59 Å². The van der Waals surface area contributed by atoms with E-state index in [-0.39, 0.29) is 32.9 Å². The van der Waals surface area contributed by atoms with Crippen molar-refractivity contribution in [1.82, 2.24) is 4.98 Å². The maximum atomic E-state index is 11.6. The number of alkyl halides is 1. The molecule has 122 valence electrons. The average Bonchev–Trinajstić information content (AvgIpc) is 2.48. The largest absolute Gasteiger partial charge is 0.491 e. The number of ketones is 1. The maximum Gasteiger partial charge on any atom is 0.320 e. The number of ether oxygens (including phenoxy) is 1. The predicted molar refractivity (Wildman–Crippen MR) is 93.8 cm³/mol. The molecule has 0 aliphatic rings. The van der Waals surface area contributed by atoms with E-state index < -0.39 is 17.9 Å². The van der Waals surface area contributed by atoms with Crippen LogP contribution in [0.2, 0.25) is 0 Å². The van der Waals surface area contributed by atoms with Gasteiger partial charge in [-0.25, -0.2) is 0 Å². The molecule has 6 nitrogen and oxygen atoms in total. The molecule has 0 unspecified atom stereocenters. The van der Waals surface area contributed by atoms with Gasteiger partial charge in [0.1, 0.15) is 17.6 Å². The highest BCUT2D eigenvalue weighted by Crippen LogP contribution is 2.16. The number of carboxylic acid groups (broad SMARTS) is 1. The fourth-order valence-electron chi connectivity index (χ4n) is 1.88. The van der Waals surface area contributed by atoms with E-state index in [1.165, 1.54) is 6.92 Å². The third-order valence-electron chi connectivity index (χ3n) is 3.16. The summed E-state index contributed by atoms with van der Waals surface area (Å²) < 4.78 is 10.3. The molecule has 0 saturated heterocycles. The zero-order valence-corrected chi connectivity index (χ0v) is 14.7. The lowest BCUT2D eigenvalue weighted by Gasteiger charge is -2.16. The van der Waals surface area contributed by atoms with Gasteiger partial charge in [0.15, 0.2) is 0 Å². The second-order valence-electron chi connectivity index (χ2n) is 4.90. The first kappa shape index (κ1) is 18.7. The Morgan fingerprint density at radius 1 is 1.50 bits per heavy atom. The summed E-state index contributed by atoms with van der Waals surface area (Å²) in [7, 11) is 0. The van der Waals surface area contributed by atoms with Crippen molar-refractivity contribution >= 4 is 37.0 Å². The van der Waals surface area contributed by atoms with E-state index in [1.54, 1.807) is 18.3 Å². The Bertz CT molecular complexity index is 519. The zero-order chi connectivity index (χ0) is 16.5. The molecule has 0 bridgehead atoms. The van der Waals surface area contributed by atoms with Gasteiger partial charge in [0.25, 0.3) is 0 Å². The summed E-state index contributed by atoms with van der Waals surface area (Å²) in [4.78, 5) is 26.7. The lowest BCUT2D eigenvalue weighted by molar-refractivity contribution is -0.139. The van der Waals surface area contributed by atoms with E-state index in [4.69, 9.17) is 15.6 Å². The zero-order valence-electron chi connectivity index (χ0n) is 12.5. The second-order valence-corrected chi connectivity index (χ2v) is 7.06. The number of aliphatic carboxylic acids is 1. The Balaban J connectivity index is 2.63. The second kappa shape index (κ2) is 9.62. The normalized spacial score (nSPS) is 13.4. The number of rotatable bonds is 10. The van der Waals surface area contributed by atoms with E-state index in [0.717, 1.165) is 10.1 Å². The quantitative estimate of drug-likeness (QED) is 0.337. The summed E-state index contributed by atoms with van der Waals surface area (Å²) in [6, 6.07) is 2.55. The number of halogens is 1. The summed E-state index contributed by atoms with van der Waals surface area (Å²) in [6.45, 7) is 2.08. The minimum Gasteiger partial charge on any atom is -0.491 e. The summed E-state index contributed by atoms with van der Waals surface area (Å²) in [6.07, 6.45) is 2.10. The highest BCUT2D eigenvalue weighted by atomic mass is 127. The number of hydrogen-bond donors (Lipinski definition) is 2. The minimum absolute atomic E-state index is 0.0241. The number of Topliss-reactive ketones (excluding diaryl/α,β-unsaturated/α-hetero) is 1. The van der Waals surface area contributed by atoms with Crippen LogP contribution in [0.3, 0.4) is 0 Å². The first-order valence-electron chi connectivity index (χ1n) is 6.83. The van der Waals surface area contributed by atoms with Crippen molar-refractivity contribution in [3.8, 4) is 5.75 Å². The van der Waals surface area contributed by atoms with Gasteiger partial charge in [-0.05, 0) is 31.9 Å². The van der Waals surface area contributed by atoms with Crippen LogP contribution in [0.4, 0.5) is 0 Å². The number of carbonyl (C=O) groups is 2. The monoisotopic (exact) mass is 420 g/mol. The fourth-order valence-corrected chi connectivity index (χ4v) is 2.41. The summed E-state index contributed by atoms with van der Waals surface area (Å²) in [5.41, 5.74) is 6.22. The lowest BCUT2D eigenvalue weighted by atomic mass is 9.92. The number of aromatic nitrogens is 1. The van der Waals surface area contributed by atoms with E-state index in [2.05, 4.69) is 9.50 Å². The molecule has 1 rings (SSSR count). The van der Waals surface area contributed by atoms with Gasteiger partial charge in [-0.2, -0.15) is 0 Å². The van der Waals surface area contributed by atoms with E-state index in [0.29, 0.717) is 18.8 Å². The van der Waals surface area contributed by atoms with E-state index in [1.807, 2.05) is 0 Å². The molecule has 2 atom stereocenters. The van der Waals surface area contributed by atoms with Crippen molar-refractivity contribution in [1.29, 1.82) is 0 Å². The minimum atomic E-state index is -1.10. The fraction of sp³-hybridized carbons (Fsp3) is 0.467. The Labute approximate surface area is 139 Å². The SMILES string of the molecule is C=ICCOc1ccc(C[C@@H](C[C@H](N)C(=O)O)C(C)=O)nc1. The molecular formula is C15H21IN2O4. The Morgan fingerprint density at radius 2 is 2.23 bits per heavy atom. The molecule has 22 heavy (non-hydrogen) atoms. The molecule has 7 heteroatoms. The molecular weight excluding hydrogens is 399 g/mol. The van der Waals surface area contributed by atoms with E-state index >= 15 is 0 Å². The summed E-state index contributed by atoms with van der Waals surface area (Å²) in [5.74, 6) is -0.946. The molecule has 1 aromatic rings. The van der Waals surface area contributed by atoms with Gasteiger partial charge in [0, 0.05) is 16.0 Å². The third kappa shape index (κ3) is 6.61. The number of hydrogen-bond acceptors (Lipinski definition) is 5. The van der Waals surface area contributed by atoms with Crippen LogP contribution in [-0.4, -0.2) is 43.4 Å². The first-order chi connectivity index (χ1) is 10.4. The molecule has 0 aromatic carbocycles. The van der Waals surface area contributed by atoms with Crippen molar-refractivity contribution < 1.29 is 19.4 Å². The highest BCUT2D eigenvalue weighted by molar-refractivity contribution is 14.2. The summed E-state index contributed by atoms with van der Waals surface area (Å²) in [5, 5.41) is 8.85. The van der Waals surface area contributed by atoms with Crippen molar-refractivity contribution in [3.05, 3.63) is 24.0 Å². The van der Waals surface area contributed by atoms with Crippen molar-refractivity contribution in [2.24, 2.45) is 11.7 Å². The van der Waals surface area contributed by atoms with Gasteiger partial charge in [0.05, 0.1) is 12.8 Å².